The molecule has 1 radical (unpaired) electrons. The first kappa shape index (κ1) is 16.7. The molecule has 0 aromatic heterocycles. The third kappa shape index (κ3) is 4.64. The van der Waals surface area contributed by atoms with Crippen LogP contribution in [0.25, 0.3) is 11.1 Å². The smallest absolute Gasteiger partial charge is 0.214 e. The van der Waals surface area contributed by atoms with E-state index in [-0.39, 0.29) is 25.9 Å². The summed E-state index contributed by atoms with van der Waals surface area (Å²) >= 11 is 0. The average Bonchev–Trinajstić information content (AvgIpc) is 3.14. The van der Waals surface area contributed by atoms with Crippen molar-refractivity contribution in [3.63, 3.8) is 0 Å². The Morgan fingerprint density at radius 2 is 1.50 bits per heavy atom. The molecule has 0 heterocycles. The van der Waals surface area contributed by atoms with Gasteiger partial charge in [0.25, 0.3) is 0 Å². The third-order valence-electron chi connectivity index (χ3n) is 2.99. The van der Waals surface area contributed by atoms with E-state index in [2.05, 4.69) is 61.6 Å². The van der Waals surface area contributed by atoms with E-state index in [0.29, 0.717) is 0 Å². The first-order valence-corrected chi connectivity index (χ1v) is 9.07. The summed E-state index contributed by atoms with van der Waals surface area (Å²) in [6.45, 7) is 4.68. The zero-order valence-electron chi connectivity index (χ0n) is 11.9. The zero-order chi connectivity index (χ0) is 13.5. The van der Waals surface area contributed by atoms with E-state index in [1.807, 2.05) is 30.3 Å². The van der Waals surface area contributed by atoms with Crippen molar-refractivity contribution in [3.8, 4) is 11.1 Å². The Bertz CT molecular complexity index is 547. The molecule has 0 atom stereocenters. The molecule has 3 aromatic rings. The Hall–Kier alpha value is -1.34. The van der Waals surface area contributed by atoms with Crippen molar-refractivity contribution in [2.45, 2.75) is 13.1 Å². The Morgan fingerprint density at radius 1 is 0.850 bits per heavy atom. The van der Waals surface area contributed by atoms with E-state index in [9.17, 15) is 0 Å². The molecule has 3 rings (SSSR count). The number of rotatable bonds is 2. The van der Waals surface area contributed by atoms with Crippen LogP contribution in [0.3, 0.4) is 0 Å². The van der Waals surface area contributed by atoms with Crippen LogP contribution in [0.15, 0.2) is 78.9 Å². The van der Waals surface area contributed by atoms with Gasteiger partial charge in [-0.1, -0.05) is 43.4 Å². The van der Waals surface area contributed by atoms with Crippen LogP contribution in [0.5, 0.6) is 0 Å². The molecule has 2 heteroatoms. The molecule has 0 N–H and O–H groups in total. The van der Waals surface area contributed by atoms with Gasteiger partial charge in [0.2, 0.25) is 0 Å². The first-order chi connectivity index (χ1) is 9.29. The predicted octanol–water partition coefficient (Wildman–Crippen LogP) is 4.44. The molecule has 0 aliphatic rings. The van der Waals surface area contributed by atoms with Gasteiger partial charge in [0, 0.05) is 8.80 Å². The molecule has 0 unspecified atom stereocenters. The summed E-state index contributed by atoms with van der Waals surface area (Å²) in [5.41, 5.74) is 2.77. The number of hydrogen-bond donors (Lipinski definition) is 0. The topological polar surface area (TPSA) is 0 Å². The molecule has 20 heavy (non-hydrogen) atoms. The maximum absolute atomic E-state index is 2.34. The molecule has 0 aliphatic carbocycles. The van der Waals surface area contributed by atoms with E-state index < -0.39 is 0 Å². The van der Waals surface area contributed by atoms with E-state index >= 15 is 0 Å². The van der Waals surface area contributed by atoms with Crippen molar-refractivity contribution in [3.05, 3.63) is 78.9 Å². The van der Waals surface area contributed by atoms with Crippen molar-refractivity contribution in [1.29, 1.82) is 0 Å². The minimum Gasteiger partial charge on any atom is -0.214 e. The average molecular weight is 319 g/mol. The first-order valence-electron chi connectivity index (χ1n) is 6.57. The SMILES string of the molecule is C[Si](C)[c-]1cccc1-c1ccccc1.[Fe+2].c1cc[cH-]c1. The van der Waals surface area contributed by atoms with Gasteiger partial charge in [-0.2, -0.15) is 36.4 Å². The van der Waals surface area contributed by atoms with Crippen molar-refractivity contribution in [1.82, 2.24) is 0 Å². The van der Waals surface area contributed by atoms with Gasteiger partial charge in [0.15, 0.2) is 0 Å². The van der Waals surface area contributed by atoms with E-state index in [1.165, 1.54) is 11.1 Å². The fourth-order valence-corrected chi connectivity index (χ4v) is 3.24. The van der Waals surface area contributed by atoms with Crippen molar-refractivity contribution < 1.29 is 17.1 Å². The summed E-state index contributed by atoms with van der Waals surface area (Å²) in [7, 11) is -0.346. The molecule has 0 saturated carbocycles. The molecule has 103 valence electrons. The standard InChI is InChI=1S/C13H14Si.C5H5.Fe/c1-14(2)13-10-6-9-12(13)11-7-4-3-5-8-11;1-2-4-5-3-1;/h3-10H,1-2H3;1-5H;/q2*-1;+2. The fourth-order valence-electron chi connectivity index (χ4n) is 2.05. The Morgan fingerprint density at radius 3 is 2.00 bits per heavy atom. The predicted molar refractivity (Wildman–Crippen MR) is 86.6 cm³/mol. The van der Waals surface area contributed by atoms with Crippen LogP contribution in [0.4, 0.5) is 0 Å². The monoisotopic (exact) mass is 319 g/mol. The van der Waals surface area contributed by atoms with Gasteiger partial charge in [-0.05, 0) is 0 Å². The molecule has 0 aliphatic heterocycles. The van der Waals surface area contributed by atoms with Gasteiger partial charge in [-0.25, -0.2) is 12.1 Å². The van der Waals surface area contributed by atoms with Gasteiger partial charge in [0.05, 0.1) is 0 Å². The van der Waals surface area contributed by atoms with Crippen molar-refractivity contribution in [2.24, 2.45) is 0 Å². The maximum atomic E-state index is 2.34. The second-order valence-corrected chi connectivity index (χ2v) is 7.22. The van der Waals surface area contributed by atoms with E-state index in [1.54, 1.807) is 5.19 Å². The van der Waals surface area contributed by atoms with Gasteiger partial charge in [-0.3, -0.25) is 0 Å². The summed E-state index contributed by atoms with van der Waals surface area (Å²) in [6.07, 6.45) is 0. The second-order valence-electron chi connectivity index (χ2n) is 4.68. The summed E-state index contributed by atoms with van der Waals surface area (Å²) in [5.74, 6) is 0. The molecule has 0 fully saturated rings. The normalized spacial score (nSPS) is 9.55. The summed E-state index contributed by atoms with van der Waals surface area (Å²) in [4.78, 5) is 0. The van der Waals surface area contributed by atoms with Crippen molar-refractivity contribution >= 4 is 14.0 Å². The third-order valence-corrected chi connectivity index (χ3v) is 4.51. The summed E-state index contributed by atoms with van der Waals surface area (Å²) in [5, 5.41) is 1.54. The molecule has 0 nitrogen and oxygen atoms in total. The van der Waals surface area contributed by atoms with Crippen LogP contribution in [-0.4, -0.2) is 8.80 Å². The maximum Gasteiger partial charge on any atom is 2.00 e. The van der Waals surface area contributed by atoms with Gasteiger partial charge in [-0.15, -0.1) is 16.3 Å². The van der Waals surface area contributed by atoms with Crippen LogP contribution < -0.4 is 5.19 Å². The van der Waals surface area contributed by atoms with Crippen LogP contribution >= 0.6 is 0 Å². The minimum atomic E-state index is -0.346. The minimum absolute atomic E-state index is 0. The Balaban J connectivity index is 0.000000283. The molecule has 0 amide bonds. The van der Waals surface area contributed by atoms with E-state index in [4.69, 9.17) is 0 Å². The molecule has 3 aromatic carbocycles. The van der Waals surface area contributed by atoms with Crippen LogP contribution in [0.2, 0.25) is 13.1 Å². The van der Waals surface area contributed by atoms with Crippen molar-refractivity contribution in [2.75, 3.05) is 0 Å². The second kappa shape index (κ2) is 8.75. The summed E-state index contributed by atoms with van der Waals surface area (Å²) < 4.78 is 0. The van der Waals surface area contributed by atoms with Gasteiger partial charge >= 0.3 is 17.1 Å². The fraction of sp³-hybridized carbons (Fsp3) is 0.111. The Labute approximate surface area is 134 Å². The number of hydrogen-bond acceptors (Lipinski definition) is 0. The van der Waals surface area contributed by atoms with E-state index in [0.717, 1.165) is 0 Å². The van der Waals surface area contributed by atoms with Gasteiger partial charge in [0.1, 0.15) is 0 Å². The largest absolute Gasteiger partial charge is 2.00 e. The van der Waals surface area contributed by atoms with Crippen LogP contribution in [0, 0.1) is 0 Å². The van der Waals surface area contributed by atoms with Crippen LogP contribution in [0.1, 0.15) is 0 Å². The zero-order valence-corrected chi connectivity index (χ0v) is 14.0. The number of benzene rings is 1. The molecular formula is C18H19FeSi. The molecule has 0 spiro atoms. The quantitative estimate of drug-likeness (QED) is 0.484. The summed E-state index contributed by atoms with van der Waals surface area (Å²) in [6, 6.07) is 27.3. The molecule has 0 bridgehead atoms. The van der Waals surface area contributed by atoms with Crippen LogP contribution in [-0.2, 0) is 17.1 Å². The molecule has 0 saturated heterocycles. The molecular weight excluding hydrogens is 300 g/mol. The van der Waals surface area contributed by atoms with Gasteiger partial charge < -0.3 is 0 Å². The Kier molecular flexibility index (Phi) is 7.31.